The molecular weight excluding hydrogens is 443 g/mol. The smallest absolute Gasteiger partial charge is 0.232 e. The summed E-state index contributed by atoms with van der Waals surface area (Å²) >= 11 is 0. The third-order valence-electron chi connectivity index (χ3n) is 7.51. The van der Waals surface area contributed by atoms with Crippen LogP contribution in [0.4, 0.5) is 4.39 Å². The summed E-state index contributed by atoms with van der Waals surface area (Å²) in [5, 5.41) is 9.75. The molecule has 0 spiro atoms. The molecule has 2 aliphatic rings. The first-order chi connectivity index (χ1) is 16.7. The van der Waals surface area contributed by atoms with Gasteiger partial charge >= 0.3 is 0 Å². The summed E-state index contributed by atoms with van der Waals surface area (Å²) in [5.41, 5.74) is 6.73. The van der Waals surface area contributed by atoms with Crippen molar-refractivity contribution in [2.45, 2.75) is 62.4 Å². The van der Waals surface area contributed by atoms with E-state index >= 15 is 0 Å². The molecule has 0 saturated carbocycles. The molecule has 1 aliphatic carbocycles. The number of aliphatic hydroxyl groups excluding tert-OH is 1. The topological polar surface area (TPSA) is 75.8 Å². The van der Waals surface area contributed by atoms with E-state index in [0.717, 1.165) is 30.5 Å². The van der Waals surface area contributed by atoms with Crippen LogP contribution in [0.3, 0.4) is 0 Å². The van der Waals surface area contributed by atoms with Gasteiger partial charge in [0.05, 0.1) is 5.41 Å². The molecule has 3 N–H and O–H groups in total. The molecule has 1 amide bonds. The SMILES string of the molecule is CC(C)(CCC(C(N)=O)(c1ccccc1)c1ccccc1)N1CC[C@H](OC2=CC=CC(O)C2F)C1. The number of rotatable bonds is 9. The normalized spacial score (nSPS) is 23.2. The molecule has 35 heavy (non-hydrogen) atoms. The molecule has 0 bridgehead atoms. The Labute approximate surface area is 207 Å². The van der Waals surface area contributed by atoms with Crippen molar-refractivity contribution in [3.8, 4) is 0 Å². The molecule has 1 fully saturated rings. The molecule has 1 saturated heterocycles. The van der Waals surface area contributed by atoms with Crippen molar-refractivity contribution in [1.29, 1.82) is 0 Å². The predicted octanol–water partition coefficient (Wildman–Crippen LogP) is 4.26. The molecule has 5 nitrogen and oxygen atoms in total. The Kier molecular flexibility index (Phi) is 7.43. The molecule has 2 aromatic carbocycles. The van der Waals surface area contributed by atoms with E-state index in [1.165, 1.54) is 6.08 Å². The van der Waals surface area contributed by atoms with Gasteiger partial charge in [-0.05, 0) is 50.3 Å². The van der Waals surface area contributed by atoms with Gasteiger partial charge in [0.1, 0.15) is 18.0 Å². The molecule has 6 heteroatoms. The Hall–Kier alpha value is -2.96. The third-order valence-corrected chi connectivity index (χ3v) is 7.51. The highest BCUT2D eigenvalue weighted by atomic mass is 19.1. The Morgan fingerprint density at radius 3 is 2.26 bits per heavy atom. The second kappa shape index (κ2) is 10.3. The minimum atomic E-state index is -1.53. The maximum absolute atomic E-state index is 14.3. The zero-order chi connectivity index (χ0) is 25.1. The molecule has 2 unspecified atom stereocenters. The van der Waals surface area contributed by atoms with Gasteiger partial charge in [0.15, 0.2) is 6.17 Å². The minimum Gasteiger partial charge on any atom is -0.490 e. The van der Waals surface area contributed by atoms with E-state index < -0.39 is 17.7 Å². The Balaban J connectivity index is 1.50. The molecule has 4 rings (SSSR count). The number of carbonyl (C=O) groups is 1. The molecule has 0 radical (unpaired) electrons. The van der Waals surface area contributed by atoms with Gasteiger partial charge in [0.25, 0.3) is 0 Å². The Morgan fingerprint density at radius 2 is 1.69 bits per heavy atom. The average molecular weight is 479 g/mol. The number of amides is 1. The van der Waals surface area contributed by atoms with Crippen LogP contribution >= 0.6 is 0 Å². The summed E-state index contributed by atoms with van der Waals surface area (Å²) in [5.74, 6) is -0.177. The van der Waals surface area contributed by atoms with Crippen LogP contribution in [0.2, 0.25) is 0 Å². The quantitative estimate of drug-likeness (QED) is 0.565. The van der Waals surface area contributed by atoms with E-state index in [1.54, 1.807) is 12.2 Å². The van der Waals surface area contributed by atoms with Gasteiger partial charge in [-0.1, -0.05) is 72.8 Å². The fourth-order valence-electron chi connectivity index (χ4n) is 5.25. The highest BCUT2D eigenvalue weighted by Gasteiger charge is 2.43. The number of primary amides is 1. The zero-order valence-corrected chi connectivity index (χ0v) is 20.4. The highest BCUT2D eigenvalue weighted by molar-refractivity contribution is 5.90. The number of hydrogen-bond donors (Lipinski definition) is 2. The number of hydrogen-bond acceptors (Lipinski definition) is 4. The van der Waals surface area contributed by atoms with Crippen molar-refractivity contribution in [3.05, 3.63) is 95.8 Å². The number of alkyl halides is 1. The monoisotopic (exact) mass is 478 g/mol. The van der Waals surface area contributed by atoms with Gasteiger partial charge in [0, 0.05) is 18.6 Å². The minimum absolute atomic E-state index is 0.151. The van der Waals surface area contributed by atoms with E-state index in [1.807, 2.05) is 60.7 Å². The number of allylic oxidation sites excluding steroid dienone is 2. The predicted molar refractivity (Wildman–Crippen MR) is 135 cm³/mol. The lowest BCUT2D eigenvalue weighted by Crippen LogP contribution is -2.47. The number of nitrogens with zero attached hydrogens (tertiary/aromatic N) is 1. The molecule has 1 aliphatic heterocycles. The lowest BCUT2D eigenvalue weighted by molar-refractivity contribution is -0.122. The maximum atomic E-state index is 14.3. The number of ether oxygens (including phenoxy) is 1. The number of carbonyl (C=O) groups excluding carboxylic acids is 1. The molecule has 1 heterocycles. The largest absolute Gasteiger partial charge is 0.490 e. The molecule has 186 valence electrons. The van der Waals surface area contributed by atoms with Crippen molar-refractivity contribution in [2.24, 2.45) is 5.73 Å². The molecular formula is C29H35FN2O3. The highest BCUT2D eigenvalue weighted by Crippen LogP contribution is 2.40. The van der Waals surface area contributed by atoms with E-state index in [2.05, 4.69) is 18.7 Å². The lowest BCUT2D eigenvalue weighted by Gasteiger charge is -2.40. The molecule has 3 atom stereocenters. The first-order valence-corrected chi connectivity index (χ1v) is 12.3. The summed E-state index contributed by atoms with van der Waals surface area (Å²) in [7, 11) is 0. The van der Waals surface area contributed by atoms with Crippen LogP contribution in [-0.2, 0) is 14.9 Å². The average Bonchev–Trinajstić information content (AvgIpc) is 3.33. The van der Waals surface area contributed by atoms with E-state index in [0.29, 0.717) is 13.0 Å². The Morgan fingerprint density at radius 1 is 1.09 bits per heavy atom. The van der Waals surface area contributed by atoms with E-state index in [9.17, 15) is 14.3 Å². The van der Waals surface area contributed by atoms with Gasteiger partial charge in [-0.2, -0.15) is 0 Å². The fraction of sp³-hybridized carbons (Fsp3) is 0.414. The van der Waals surface area contributed by atoms with Crippen LogP contribution in [0.25, 0.3) is 0 Å². The van der Waals surface area contributed by atoms with Crippen LogP contribution in [0.1, 0.15) is 44.2 Å². The summed E-state index contributed by atoms with van der Waals surface area (Å²) in [6.45, 7) is 5.79. The molecule has 2 aromatic rings. The summed E-state index contributed by atoms with van der Waals surface area (Å²) in [6.07, 6.45) is 3.84. The van der Waals surface area contributed by atoms with Crippen LogP contribution < -0.4 is 5.73 Å². The van der Waals surface area contributed by atoms with Gasteiger partial charge < -0.3 is 15.6 Å². The van der Waals surface area contributed by atoms with Crippen LogP contribution in [0.5, 0.6) is 0 Å². The third kappa shape index (κ3) is 5.19. The van der Waals surface area contributed by atoms with Crippen LogP contribution in [0, 0.1) is 0 Å². The maximum Gasteiger partial charge on any atom is 0.232 e. The van der Waals surface area contributed by atoms with E-state index in [-0.39, 0.29) is 23.3 Å². The van der Waals surface area contributed by atoms with Gasteiger partial charge in [-0.3, -0.25) is 9.69 Å². The first kappa shape index (κ1) is 25.1. The second-order valence-electron chi connectivity index (χ2n) is 10.1. The van der Waals surface area contributed by atoms with Crippen molar-refractivity contribution >= 4 is 5.91 Å². The van der Waals surface area contributed by atoms with Gasteiger partial charge in [0.2, 0.25) is 5.91 Å². The number of nitrogens with two attached hydrogens (primary N) is 1. The Bertz CT molecular complexity index is 1030. The van der Waals surface area contributed by atoms with Crippen LogP contribution in [-0.4, -0.2) is 52.9 Å². The summed E-state index contributed by atoms with van der Waals surface area (Å²) < 4.78 is 20.3. The lowest BCUT2D eigenvalue weighted by atomic mass is 9.69. The van der Waals surface area contributed by atoms with Crippen molar-refractivity contribution in [2.75, 3.05) is 13.1 Å². The first-order valence-electron chi connectivity index (χ1n) is 12.3. The van der Waals surface area contributed by atoms with Crippen molar-refractivity contribution in [3.63, 3.8) is 0 Å². The number of benzene rings is 2. The van der Waals surface area contributed by atoms with E-state index in [4.69, 9.17) is 10.5 Å². The standard InChI is InChI=1S/C29H35FN2O3/c1-28(2,32-19-16-23(20-32)35-25-15-9-14-24(33)26(25)30)17-18-29(27(31)34,21-10-5-3-6-11-21)22-12-7-4-8-13-22/h3-15,23-24,26,33H,16-20H2,1-2H3,(H2,31,34)/t23-,24?,26?/m0/s1. The van der Waals surface area contributed by atoms with Gasteiger partial charge in [-0.15, -0.1) is 0 Å². The number of likely N-dealkylation sites (tertiary alicyclic amines) is 1. The summed E-state index contributed by atoms with van der Waals surface area (Å²) in [4.78, 5) is 15.4. The zero-order valence-electron chi connectivity index (χ0n) is 20.4. The van der Waals surface area contributed by atoms with Crippen LogP contribution in [0.15, 0.2) is 84.7 Å². The number of aliphatic hydroxyl groups is 1. The fourth-order valence-corrected chi connectivity index (χ4v) is 5.25. The summed E-state index contributed by atoms with van der Waals surface area (Å²) in [6, 6.07) is 19.5. The second-order valence-corrected chi connectivity index (χ2v) is 10.1. The van der Waals surface area contributed by atoms with Crippen molar-refractivity contribution < 1.29 is 19.0 Å². The number of halogens is 1. The van der Waals surface area contributed by atoms with Crippen molar-refractivity contribution in [1.82, 2.24) is 4.90 Å². The molecule has 0 aromatic heterocycles. The van der Waals surface area contributed by atoms with Gasteiger partial charge in [-0.25, -0.2) is 4.39 Å².